The lowest BCUT2D eigenvalue weighted by Crippen LogP contribution is -2.01. The van der Waals surface area contributed by atoms with Gasteiger partial charge in [-0.05, 0) is 30.4 Å². The van der Waals surface area contributed by atoms with Crippen molar-refractivity contribution >= 4 is 28.2 Å². The lowest BCUT2D eigenvalue weighted by atomic mass is 9.98. The summed E-state index contributed by atoms with van der Waals surface area (Å²) in [6.45, 7) is 0. The maximum Gasteiger partial charge on any atom is 0.163 e. The minimum absolute atomic E-state index is 0.0521. The number of hydrogen-bond donors (Lipinski definition) is 0. The monoisotopic (exact) mass is 264 g/mol. The molecule has 0 fully saturated rings. The molecule has 0 aromatic heterocycles. The molecule has 0 atom stereocenters. The van der Waals surface area contributed by atoms with Gasteiger partial charge in [0.1, 0.15) is 5.82 Å². The Morgan fingerprint density at radius 3 is 2.50 bits per heavy atom. The predicted molar refractivity (Wildman–Crippen MR) is 72.8 cm³/mol. The summed E-state index contributed by atoms with van der Waals surface area (Å²) in [6, 6.07) is 10.00. The summed E-state index contributed by atoms with van der Waals surface area (Å²) in [5, 5.41) is 1.19. The van der Waals surface area contributed by atoms with Crippen LogP contribution in [-0.4, -0.2) is 11.7 Å². The standard InChI is InChI=1S/C15H14ClFO/c16-10-4-3-7-15(18)13-8-9-14(17)12-6-2-1-5-11(12)13/h1-2,5-6,8-9H,3-4,7,10H2. The van der Waals surface area contributed by atoms with E-state index in [1.807, 2.05) is 6.07 Å². The zero-order chi connectivity index (χ0) is 13.0. The van der Waals surface area contributed by atoms with E-state index in [2.05, 4.69) is 0 Å². The Bertz CT molecular complexity index is 565. The van der Waals surface area contributed by atoms with E-state index >= 15 is 0 Å². The van der Waals surface area contributed by atoms with Gasteiger partial charge in [-0.3, -0.25) is 4.79 Å². The number of carbonyl (C=O) groups excluding carboxylic acids is 1. The van der Waals surface area contributed by atoms with Gasteiger partial charge in [-0.1, -0.05) is 24.3 Å². The highest BCUT2D eigenvalue weighted by molar-refractivity contribution is 6.17. The van der Waals surface area contributed by atoms with E-state index in [1.165, 1.54) is 6.07 Å². The van der Waals surface area contributed by atoms with E-state index in [-0.39, 0.29) is 11.6 Å². The maximum absolute atomic E-state index is 13.6. The average molecular weight is 265 g/mol. The van der Waals surface area contributed by atoms with Gasteiger partial charge in [-0.2, -0.15) is 0 Å². The molecule has 0 heterocycles. The van der Waals surface area contributed by atoms with Crippen molar-refractivity contribution in [2.45, 2.75) is 19.3 Å². The normalized spacial score (nSPS) is 10.8. The molecule has 0 unspecified atom stereocenters. The van der Waals surface area contributed by atoms with Crippen LogP contribution < -0.4 is 0 Å². The second-order valence-corrected chi connectivity index (χ2v) is 4.59. The number of alkyl halides is 1. The maximum atomic E-state index is 13.6. The smallest absolute Gasteiger partial charge is 0.163 e. The molecular weight excluding hydrogens is 251 g/mol. The SMILES string of the molecule is O=C(CCCCCl)c1ccc(F)c2ccccc12. The molecule has 0 bridgehead atoms. The van der Waals surface area contributed by atoms with Gasteiger partial charge >= 0.3 is 0 Å². The zero-order valence-electron chi connectivity index (χ0n) is 9.96. The molecule has 0 N–H and O–H groups in total. The van der Waals surface area contributed by atoms with Gasteiger partial charge in [0.25, 0.3) is 0 Å². The van der Waals surface area contributed by atoms with E-state index in [0.29, 0.717) is 28.6 Å². The van der Waals surface area contributed by atoms with Crippen LogP contribution >= 0.6 is 11.6 Å². The molecule has 3 heteroatoms. The summed E-state index contributed by atoms with van der Waals surface area (Å²) in [5.41, 5.74) is 0.599. The van der Waals surface area contributed by atoms with Crippen LogP contribution in [0.4, 0.5) is 4.39 Å². The molecule has 1 nitrogen and oxygen atoms in total. The zero-order valence-corrected chi connectivity index (χ0v) is 10.7. The van der Waals surface area contributed by atoms with Crippen molar-refractivity contribution < 1.29 is 9.18 Å². The number of Topliss-reactive ketones (excluding diaryl/α,β-unsaturated/α-hetero) is 1. The Labute approximate surface area is 111 Å². The number of ketones is 1. The first kappa shape index (κ1) is 13.0. The Balaban J connectivity index is 2.33. The van der Waals surface area contributed by atoms with E-state index in [4.69, 9.17) is 11.6 Å². The lowest BCUT2D eigenvalue weighted by Gasteiger charge is -2.06. The van der Waals surface area contributed by atoms with Crippen molar-refractivity contribution in [2.75, 3.05) is 5.88 Å². The number of fused-ring (bicyclic) bond motifs is 1. The first-order chi connectivity index (χ1) is 8.74. The first-order valence-corrected chi connectivity index (χ1v) is 6.54. The third-order valence-electron chi connectivity index (χ3n) is 2.96. The molecule has 2 rings (SSSR count). The Morgan fingerprint density at radius 1 is 1.06 bits per heavy atom. The summed E-state index contributed by atoms with van der Waals surface area (Å²) >= 11 is 5.59. The number of carbonyl (C=O) groups is 1. The fourth-order valence-corrected chi connectivity index (χ4v) is 2.21. The van der Waals surface area contributed by atoms with Gasteiger partial charge < -0.3 is 0 Å². The molecule has 0 amide bonds. The van der Waals surface area contributed by atoms with Crippen molar-refractivity contribution in [3.05, 3.63) is 47.8 Å². The highest BCUT2D eigenvalue weighted by Gasteiger charge is 2.11. The van der Waals surface area contributed by atoms with Crippen LogP contribution in [0.15, 0.2) is 36.4 Å². The average Bonchev–Trinajstić information content (AvgIpc) is 2.39. The number of benzene rings is 2. The molecule has 0 aliphatic rings. The highest BCUT2D eigenvalue weighted by Crippen LogP contribution is 2.23. The molecule has 2 aromatic carbocycles. The van der Waals surface area contributed by atoms with Crippen molar-refractivity contribution in [3.8, 4) is 0 Å². The van der Waals surface area contributed by atoms with Crippen molar-refractivity contribution in [2.24, 2.45) is 0 Å². The van der Waals surface area contributed by atoms with Gasteiger partial charge in [-0.25, -0.2) is 4.39 Å². The Morgan fingerprint density at radius 2 is 1.78 bits per heavy atom. The molecule has 2 aromatic rings. The number of hydrogen-bond acceptors (Lipinski definition) is 1. The minimum Gasteiger partial charge on any atom is -0.294 e. The van der Waals surface area contributed by atoms with Crippen LogP contribution in [0.1, 0.15) is 29.6 Å². The molecular formula is C15H14ClFO. The summed E-state index contributed by atoms with van der Waals surface area (Å²) in [6.07, 6.45) is 2.06. The lowest BCUT2D eigenvalue weighted by molar-refractivity contribution is 0.0981. The summed E-state index contributed by atoms with van der Waals surface area (Å²) in [7, 11) is 0. The molecule has 0 radical (unpaired) electrons. The van der Waals surface area contributed by atoms with E-state index in [9.17, 15) is 9.18 Å². The molecule has 18 heavy (non-hydrogen) atoms. The minimum atomic E-state index is -0.289. The van der Waals surface area contributed by atoms with Crippen LogP contribution in [0.3, 0.4) is 0 Å². The quantitative estimate of drug-likeness (QED) is 0.439. The van der Waals surface area contributed by atoms with Crippen LogP contribution in [0, 0.1) is 5.82 Å². The molecule has 0 spiro atoms. The van der Waals surface area contributed by atoms with E-state index in [1.54, 1.807) is 24.3 Å². The van der Waals surface area contributed by atoms with E-state index in [0.717, 1.165) is 12.8 Å². The van der Waals surface area contributed by atoms with Crippen molar-refractivity contribution in [1.29, 1.82) is 0 Å². The fourth-order valence-electron chi connectivity index (χ4n) is 2.02. The topological polar surface area (TPSA) is 17.1 Å². The summed E-state index contributed by atoms with van der Waals surface area (Å²) in [4.78, 5) is 12.1. The van der Waals surface area contributed by atoms with Gasteiger partial charge in [0.05, 0.1) is 0 Å². The first-order valence-electron chi connectivity index (χ1n) is 6.00. The third kappa shape index (κ3) is 2.70. The molecule has 0 aliphatic carbocycles. The summed E-state index contributed by atoms with van der Waals surface area (Å²) < 4.78 is 13.6. The van der Waals surface area contributed by atoms with Crippen molar-refractivity contribution in [1.82, 2.24) is 0 Å². The fraction of sp³-hybridized carbons (Fsp3) is 0.267. The predicted octanol–water partition coefficient (Wildman–Crippen LogP) is 4.57. The van der Waals surface area contributed by atoms with Crippen LogP contribution in [0.2, 0.25) is 0 Å². The molecule has 0 aliphatic heterocycles. The Kier molecular flexibility index (Phi) is 4.32. The van der Waals surface area contributed by atoms with Gasteiger partial charge in [0.2, 0.25) is 0 Å². The second kappa shape index (κ2) is 5.96. The van der Waals surface area contributed by atoms with Crippen LogP contribution in [0.5, 0.6) is 0 Å². The second-order valence-electron chi connectivity index (χ2n) is 4.21. The largest absolute Gasteiger partial charge is 0.294 e. The van der Waals surface area contributed by atoms with Crippen LogP contribution in [-0.2, 0) is 0 Å². The number of rotatable bonds is 5. The van der Waals surface area contributed by atoms with Gasteiger partial charge in [-0.15, -0.1) is 11.6 Å². The van der Waals surface area contributed by atoms with Crippen molar-refractivity contribution in [3.63, 3.8) is 0 Å². The molecule has 0 saturated carbocycles. The molecule has 94 valence electrons. The van der Waals surface area contributed by atoms with Gasteiger partial charge in [0, 0.05) is 23.3 Å². The van der Waals surface area contributed by atoms with Gasteiger partial charge in [0.15, 0.2) is 5.78 Å². The third-order valence-corrected chi connectivity index (χ3v) is 3.23. The van der Waals surface area contributed by atoms with Crippen LogP contribution in [0.25, 0.3) is 10.8 Å². The number of halogens is 2. The molecule has 0 saturated heterocycles. The highest BCUT2D eigenvalue weighted by atomic mass is 35.5. The summed E-state index contributed by atoms with van der Waals surface area (Å²) in [5.74, 6) is 0.330. The number of unbranched alkanes of at least 4 members (excludes halogenated alkanes) is 1. The van der Waals surface area contributed by atoms with E-state index < -0.39 is 0 Å². The Hall–Kier alpha value is -1.41.